The molecule has 0 bridgehead atoms. The Bertz CT molecular complexity index is 263. The molecule has 0 saturated heterocycles. The van der Waals surface area contributed by atoms with Crippen LogP contribution in [0.3, 0.4) is 0 Å². The lowest BCUT2D eigenvalue weighted by Crippen LogP contribution is -2.36. The van der Waals surface area contributed by atoms with Gasteiger partial charge in [0.15, 0.2) is 18.4 Å². The number of carbonyl (C=O) groups is 2. The van der Waals surface area contributed by atoms with Gasteiger partial charge in [-0.05, 0) is 27.7 Å². The van der Waals surface area contributed by atoms with Crippen molar-refractivity contribution < 1.29 is 28.5 Å². The molecule has 0 N–H and O–H groups in total. The molecule has 0 spiro atoms. The minimum atomic E-state index is -0.846. The normalized spacial score (nSPS) is 14.9. The third-order valence-corrected chi connectivity index (χ3v) is 1.91. The average Bonchev–Trinajstić information content (AvgIpc) is 2.22. The molecule has 0 aromatic carbocycles. The summed E-state index contributed by atoms with van der Waals surface area (Å²) in [6.45, 7) is 8.64. The van der Waals surface area contributed by atoms with Crippen LogP contribution in [0, 0.1) is 0 Å². The third-order valence-electron chi connectivity index (χ3n) is 1.91. The maximum Gasteiger partial charge on any atom is 0.302 e. The zero-order valence-corrected chi connectivity index (χ0v) is 11.6. The second kappa shape index (κ2) is 8.18. The summed E-state index contributed by atoms with van der Waals surface area (Å²) in [5.74, 6) is -1.27. The van der Waals surface area contributed by atoms with Crippen molar-refractivity contribution >= 4 is 12.3 Å². The van der Waals surface area contributed by atoms with Gasteiger partial charge in [-0.2, -0.15) is 0 Å². The quantitative estimate of drug-likeness (QED) is 0.354. The van der Waals surface area contributed by atoms with Crippen molar-refractivity contribution in [2.24, 2.45) is 0 Å². The van der Waals surface area contributed by atoms with Gasteiger partial charge in [-0.3, -0.25) is 4.79 Å². The van der Waals surface area contributed by atoms with E-state index in [4.69, 9.17) is 18.9 Å². The van der Waals surface area contributed by atoms with E-state index in [9.17, 15) is 9.59 Å². The molecule has 2 atom stereocenters. The van der Waals surface area contributed by atoms with Gasteiger partial charge in [-0.1, -0.05) is 0 Å². The first-order valence-corrected chi connectivity index (χ1v) is 5.86. The molecule has 0 aromatic rings. The van der Waals surface area contributed by atoms with Gasteiger partial charge in [-0.15, -0.1) is 0 Å². The number of ether oxygens (including phenoxy) is 4. The van der Waals surface area contributed by atoms with Crippen molar-refractivity contribution in [3.8, 4) is 0 Å². The molecular formula is C12H22O6. The molecule has 0 aliphatic rings. The van der Waals surface area contributed by atoms with Gasteiger partial charge in [0.25, 0.3) is 0 Å². The summed E-state index contributed by atoms with van der Waals surface area (Å²) in [4.78, 5) is 21.4. The molecule has 6 heteroatoms. The fourth-order valence-corrected chi connectivity index (χ4v) is 1.37. The largest absolute Gasteiger partial charge is 0.463 e. The molecule has 0 saturated carbocycles. The first kappa shape index (κ1) is 17.0. The molecule has 0 aliphatic heterocycles. The minimum Gasteiger partial charge on any atom is -0.463 e. The summed E-state index contributed by atoms with van der Waals surface area (Å²) in [5.41, 5.74) is 0. The van der Waals surface area contributed by atoms with Crippen molar-refractivity contribution in [2.75, 3.05) is 13.2 Å². The molecule has 0 heterocycles. The van der Waals surface area contributed by atoms with E-state index in [1.807, 2.05) is 6.92 Å². The molecule has 6 nitrogen and oxygen atoms in total. The van der Waals surface area contributed by atoms with Gasteiger partial charge >= 0.3 is 5.97 Å². The predicted octanol–water partition coefficient (Wildman–Crippen LogP) is 1.27. The highest BCUT2D eigenvalue weighted by atomic mass is 16.8. The summed E-state index contributed by atoms with van der Waals surface area (Å²) in [5, 5.41) is 0. The number of hydrogen-bond acceptors (Lipinski definition) is 6. The second-order valence-electron chi connectivity index (χ2n) is 4.13. The molecule has 0 amide bonds. The van der Waals surface area contributed by atoms with Crippen molar-refractivity contribution in [1.29, 1.82) is 0 Å². The lowest BCUT2D eigenvalue weighted by atomic mass is 10.4. The summed E-state index contributed by atoms with van der Waals surface area (Å²) in [6.07, 6.45) is -0.935. The molecule has 18 heavy (non-hydrogen) atoms. The van der Waals surface area contributed by atoms with Gasteiger partial charge in [0.1, 0.15) is 12.7 Å². The fraction of sp³-hybridized carbons (Fsp3) is 0.833. The van der Waals surface area contributed by atoms with Crippen molar-refractivity contribution in [3.63, 3.8) is 0 Å². The van der Waals surface area contributed by atoms with E-state index < -0.39 is 24.2 Å². The van der Waals surface area contributed by atoms with Crippen LogP contribution >= 0.6 is 0 Å². The maximum absolute atomic E-state index is 10.7. The smallest absolute Gasteiger partial charge is 0.302 e. The predicted molar refractivity (Wildman–Crippen MR) is 63.8 cm³/mol. The van der Waals surface area contributed by atoms with E-state index in [1.165, 1.54) is 6.92 Å². The SMILES string of the molecule is CCOC(C)(C)O[C@H](C)O[C@@H](C=O)COC(C)=O. The van der Waals surface area contributed by atoms with Crippen molar-refractivity contribution in [3.05, 3.63) is 0 Å². The summed E-state index contributed by atoms with van der Waals surface area (Å²) in [6, 6.07) is 0. The van der Waals surface area contributed by atoms with Crippen LogP contribution < -0.4 is 0 Å². The number of aldehydes is 1. The monoisotopic (exact) mass is 262 g/mol. The molecule has 0 unspecified atom stereocenters. The molecule has 0 aromatic heterocycles. The Balaban J connectivity index is 4.14. The summed E-state index contributed by atoms with van der Waals surface area (Å²) < 4.78 is 20.8. The molecular weight excluding hydrogens is 240 g/mol. The zero-order valence-electron chi connectivity index (χ0n) is 11.6. The Morgan fingerprint density at radius 1 is 1.39 bits per heavy atom. The molecule has 0 radical (unpaired) electrons. The standard InChI is InChI=1S/C12H22O6/c1-6-16-12(4,5)18-10(3)17-11(7-13)8-15-9(2)14/h7,10-11H,6,8H2,1-5H3/t10-,11+/m1/s1. The van der Waals surface area contributed by atoms with Crippen molar-refractivity contribution in [2.45, 2.75) is 52.8 Å². The van der Waals surface area contributed by atoms with Gasteiger partial charge in [0.05, 0.1) is 0 Å². The zero-order chi connectivity index (χ0) is 14.2. The van der Waals surface area contributed by atoms with E-state index in [0.29, 0.717) is 12.9 Å². The number of esters is 1. The van der Waals surface area contributed by atoms with Crippen LogP contribution in [0.2, 0.25) is 0 Å². The maximum atomic E-state index is 10.7. The van der Waals surface area contributed by atoms with E-state index >= 15 is 0 Å². The van der Waals surface area contributed by atoms with E-state index in [-0.39, 0.29) is 6.61 Å². The molecule has 0 rings (SSSR count). The topological polar surface area (TPSA) is 71.1 Å². The van der Waals surface area contributed by atoms with Crippen LogP contribution in [0.1, 0.15) is 34.6 Å². The third kappa shape index (κ3) is 8.16. The van der Waals surface area contributed by atoms with Crippen LogP contribution in [0.5, 0.6) is 0 Å². The summed E-state index contributed by atoms with van der Waals surface area (Å²) >= 11 is 0. The Morgan fingerprint density at radius 2 is 2.00 bits per heavy atom. The molecule has 106 valence electrons. The average molecular weight is 262 g/mol. The Labute approximate surface area is 108 Å². The summed E-state index contributed by atoms with van der Waals surface area (Å²) in [7, 11) is 0. The van der Waals surface area contributed by atoms with Gasteiger partial charge in [-0.25, -0.2) is 0 Å². The van der Waals surface area contributed by atoms with E-state index in [2.05, 4.69) is 0 Å². The van der Waals surface area contributed by atoms with Crippen LogP contribution in [-0.4, -0.2) is 43.7 Å². The first-order chi connectivity index (χ1) is 8.30. The number of rotatable bonds is 9. The molecule has 0 aliphatic carbocycles. The lowest BCUT2D eigenvalue weighted by molar-refractivity contribution is -0.294. The first-order valence-electron chi connectivity index (χ1n) is 5.86. The number of carbonyl (C=O) groups excluding carboxylic acids is 2. The minimum absolute atomic E-state index is 0.123. The van der Waals surface area contributed by atoms with Crippen LogP contribution in [0.25, 0.3) is 0 Å². The van der Waals surface area contributed by atoms with Crippen LogP contribution in [-0.2, 0) is 28.5 Å². The van der Waals surface area contributed by atoms with Gasteiger partial charge in [0.2, 0.25) is 0 Å². The highest BCUT2D eigenvalue weighted by Crippen LogP contribution is 2.15. The highest BCUT2D eigenvalue weighted by Gasteiger charge is 2.24. The van der Waals surface area contributed by atoms with Crippen molar-refractivity contribution in [1.82, 2.24) is 0 Å². The second-order valence-corrected chi connectivity index (χ2v) is 4.13. The Kier molecular flexibility index (Phi) is 7.73. The van der Waals surface area contributed by atoms with Crippen LogP contribution in [0.4, 0.5) is 0 Å². The highest BCUT2D eigenvalue weighted by molar-refractivity contribution is 5.66. The Morgan fingerprint density at radius 3 is 2.44 bits per heavy atom. The lowest BCUT2D eigenvalue weighted by Gasteiger charge is -2.29. The fourth-order valence-electron chi connectivity index (χ4n) is 1.37. The number of hydrogen-bond donors (Lipinski definition) is 0. The van der Waals surface area contributed by atoms with E-state index in [1.54, 1.807) is 20.8 Å². The Hall–Kier alpha value is -0.980. The van der Waals surface area contributed by atoms with Crippen LogP contribution in [0.15, 0.2) is 0 Å². The van der Waals surface area contributed by atoms with E-state index in [0.717, 1.165) is 0 Å². The molecule has 0 fully saturated rings. The van der Waals surface area contributed by atoms with Gasteiger partial charge in [0, 0.05) is 13.5 Å². The van der Waals surface area contributed by atoms with Gasteiger partial charge < -0.3 is 23.7 Å².